The highest BCUT2D eigenvalue weighted by molar-refractivity contribution is 5.76. The summed E-state index contributed by atoms with van der Waals surface area (Å²) in [5.74, 6) is 1.93. The molecule has 0 spiro atoms. The van der Waals surface area contributed by atoms with Gasteiger partial charge in [-0.1, -0.05) is 12.8 Å². The second kappa shape index (κ2) is 8.32. The Morgan fingerprint density at radius 1 is 0.852 bits per heavy atom. The summed E-state index contributed by atoms with van der Waals surface area (Å²) in [7, 11) is 0. The summed E-state index contributed by atoms with van der Waals surface area (Å²) in [6.07, 6.45) is 8.08. The van der Waals surface area contributed by atoms with Crippen LogP contribution in [-0.2, 0) is 11.3 Å². The Bertz CT molecular complexity index is 716. The van der Waals surface area contributed by atoms with Crippen molar-refractivity contribution in [2.24, 2.45) is 0 Å². The second-order valence-corrected chi connectivity index (χ2v) is 7.11. The van der Waals surface area contributed by atoms with Crippen molar-refractivity contribution in [2.45, 2.75) is 32.2 Å². The van der Waals surface area contributed by atoms with Gasteiger partial charge in [0.05, 0.1) is 0 Å². The number of hydrogen-bond donors (Lipinski definition) is 0. The Labute approximate surface area is 159 Å². The molecule has 9 nitrogen and oxygen atoms in total. The van der Waals surface area contributed by atoms with Crippen molar-refractivity contribution < 1.29 is 4.79 Å². The number of anilines is 2. The molecule has 2 aromatic rings. The van der Waals surface area contributed by atoms with Gasteiger partial charge in [-0.15, -0.1) is 10.2 Å². The topological polar surface area (TPSA) is 83.3 Å². The molecule has 144 valence electrons. The van der Waals surface area contributed by atoms with Gasteiger partial charge in [-0.2, -0.15) is 5.10 Å². The number of nitrogens with zero attached hydrogens (tertiary/aromatic N) is 8. The molecule has 0 bridgehead atoms. The molecule has 2 aliphatic rings. The van der Waals surface area contributed by atoms with Gasteiger partial charge in [-0.25, -0.2) is 9.67 Å². The van der Waals surface area contributed by atoms with Gasteiger partial charge >= 0.3 is 0 Å². The third-order valence-corrected chi connectivity index (χ3v) is 5.29. The highest BCUT2D eigenvalue weighted by Crippen LogP contribution is 2.19. The number of carbonyl (C=O) groups is 1. The van der Waals surface area contributed by atoms with Crippen molar-refractivity contribution in [1.29, 1.82) is 0 Å². The lowest BCUT2D eigenvalue weighted by Gasteiger charge is -2.35. The first kappa shape index (κ1) is 17.7. The number of piperazine rings is 1. The van der Waals surface area contributed by atoms with Gasteiger partial charge in [0, 0.05) is 39.3 Å². The molecular weight excluding hydrogens is 344 g/mol. The van der Waals surface area contributed by atoms with Gasteiger partial charge in [0.1, 0.15) is 19.2 Å². The minimum absolute atomic E-state index is 0.0720. The molecule has 1 amide bonds. The van der Waals surface area contributed by atoms with E-state index in [0.717, 1.165) is 37.8 Å². The Morgan fingerprint density at radius 2 is 1.48 bits per heavy atom. The molecule has 27 heavy (non-hydrogen) atoms. The van der Waals surface area contributed by atoms with Gasteiger partial charge in [0.15, 0.2) is 11.6 Å². The maximum atomic E-state index is 12.3. The molecule has 0 N–H and O–H groups in total. The van der Waals surface area contributed by atoms with Crippen LogP contribution in [-0.4, -0.2) is 75.0 Å². The van der Waals surface area contributed by atoms with E-state index in [9.17, 15) is 4.79 Å². The molecule has 4 heterocycles. The standard InChI is InChI=1S/C18H26N8O/c27-18(13-26-15-19-14-20-26)25-11-9-24(10-12-25)17-6-5-16(21-22-17)23-7-3-1-2-4-8-23/h5-6,14-15H,1-4,7-13H2. The number of aromatic nitrogens is 5. The fraction of sp³-hybridized carbons (Fsp3) is 0.611. The molecule has 2 fully saturated rings. The zero-order valence-electron chi connectivity index (χ0n) is 15.6. The molecule has 4 rings (SSSR count). The zero-order chi connectivity index (χ0) is 18.5. The van der Waals surface area contributed by atoms with E-state index in [1.165, 1.54) is 32.0 Å². The molecule has 2 saturated heterocycles. The van der Waals surface area contributed by atoms with Gasteiger partial charge in [-0.05, 0) is 25.0 Å². The summed E-state index contributed by atoms with van der Waals surface area (Å²) >= 11 is 0. The molecule has 0 aliphatic carbocycles. The fourth-order valence-corrected chi connectivity index (χ4v) is 3.69. The van der Waals surface area contributed by atoms with E-state index in [1.807, 2.05) is 4.90 Å². The van der Waals surface area contributed by atoms with Gasteiger partial charge < -0.3 is 14.7 Å². The highest BCUT2D eigenvalue weighted by atomic mass is 16.2. The molecule has 9 heteroatoms. The van der Waals surface area contributed by atoms with E-state index in [0.29, 0.717) is 13.1 Å². The van der Waals surface area contributed by atoms with Crippen molar-refractivity contribution in [3.8, 4) is 0 Å². The SMILES string of the molecule is O=C(Cn1cncn1)N1CCN(c2ccc(N3CCCCCC3)nn2)CC1. The molecule has 0 saturated carbocycles. The van der Waals surface area contributed by atoms with Crippen molar-refractivity contribution in [2.75, 3.05) is 49.1 Å². The van der Waals surface area contributed by atoms with E-state index in [-0.39, 0.29) is 12.5 Å². The highest BCUT2D eigenvalue weighted by Gasteiger charge is 2.22. The Balaban J connectivity index is 1.30. The summed E-state index contributed by atoms with van der Waals surface area (Å²) in [6, 6.07) is 4.13. The van der Waals surface area contributed by atoms with Crippen LogP contribution in [0.4, 0.5) is 11.6 Å². The van der Waals surface area contributed by atoms with Crippen molar-refractivity contribution in [3.05, 3.63) is 24.8 Å². The zero-order valence-corrected chi connectivity index (χ0v) is 15.6. The Hall–Kier alpha value is -2.71. The minimum atomic E-state index is 0.0720. The van der Waals surface area contributed by atoms with Crippen molar-refractivity contribution in [1.82, 2.24) is 29.9 Å². The van der Waals surface area contributed by atoms with Crippen LogP contribution in [0.15, 0.2) is 24.8 Å². The lowest BCUT2D eigenvalue weighted by atomic mass is 10.2. The summed E-state index contributed by atoms with van der Waals surface area (Å²) in [4.78, 5) is 22.6. The van der Waals surface area contributed by atoms with E-state index < -0.39 is 0 Å². The maximum absolute atomic E-state index is 12.3. The predicted molar refractivity (Wildman–Crippen MR) is 102 cm³/mol. The number of amides is 1. The molecule has 0 radical (unpaired) electrons. The lowest BCUT2D eigenvalue weighted by molar-refractivity contribution is -0.132. The third kappa shape index (κ3) is 4.35. The predicted octanol–water partition coefficient (Wildman–Crippen LogP) is 0.797. The lowest BCUT2D eigenvalue weighted by Crippen LogP contribution is -2.50. The van der Waals surface area contributed by atoms with Crippen LogP contribution >= 0.6 is 0 Å². The Kier molecular flexibility index (Phi) is 5.45. The van der Waals surface area contributed by atoms with E-state index in [4.69, 9.17) is 0 Å². The van der Waals surface area contributed by atoms with Crippen LogP contribution in [0, 0.1) is 0 Å². The second-order valence-electron chi connectivity index (χ2n) is 7.11. The smallest absolute Gasteiger partial charge is 0.244 e. The van der Waals surface area contributed by atoms with E-state index in [2.05, 4.69) is 42.2 Å². The molecule has 0 atom stereocenters. The van der Waals surface area contributed by atoms with Crippen LogP contribution in [0.3, 0.4) is 0 Å². The first-order valence-electron chi connectivity index (χ1n) is 9.73. The van der Waals surface area contributed by atoms with Gasteiger partial charge in [0.2, 0.25) is 5.91 Å². The largest absolute Gasteiger partial charge is 0.355 e. The van der Waals surface area contributed by atoms with Crippen molar-refractivity contribution in [3.63, 3.8) is 0 Å². The number of rotatable bonds is 4. The number of hydrogen-bond acceptors (Lipinski definition) is 7. The van der Waals surface area contributed by atoms with Gasteiger partial charge in [-0.3, -0.25) is 4.79 Å². The third-order valence-electron chi connectivity index (χ3n) is 5.29. The van der Waals surface area contributed by atoms with Crippen LogP contribution in [0.2, 0.25) is 0 Å². The summed E-state index contributed by atoms with van der Waals surface area (Å²) < 4.78 is 1.56. The monoisotopic (exact) mass is 370 g/mol. The van der Waals surface area contributed by atoms with Crippen molar-refractivity contribution >= 4 is 17.5 Å². The van der Waals surface area contributed by atoms with Crippen LogP contribution < -0.4 is 9.80 Å². The first-order valence-corrected chi connectivity index (χ1v) is 9.73. The van der Waals surface area contributed by atoms with Crippen LogP contribution in [0.5, 0.6) is 0 Å². The summed E-state index contributed by atoms with van der Waals surface area (Å²) in [6.45, 7) is 5.28. The maximum Gasteiger partial charge on any atom is 0.244 e. The van der Waals surface area contributed by atoms with Gasteiger partial charge in [0.25, 0.3) is 0 Å². The Morgan fingerprint density at radius 3 is 2.04 bits per heavy atom. The molecule has 2 aliphatic heterocycles. The molecule has 0 unspecified atom stereocenters. The van der Waals surface area contributed by atoms with E-state index >= 15 is 0 Å². The fourth-order valence-electron chi connectivity index (χ4n) is 3.69. The first-order chi connectivity index (χ1) is 13.3. The molecule has 2 aromatic heterocycles. The van der Waals surface area contributed by atoms with Crippen LogP contribution in [0.25, 0.3) is 0 Å². The minimum Gasteiger partial charge on any atom is -0.355 e. The summed E-state index contributed by atoms with van der Waals surface area (Å²) in [5.41, 5.74) is 0. The van der Waals surface area contributed by atoms with Crippen LogP contribution in [0.1, 0.15) is 25.7 Å². The average Bonchev–Trinajstić information content (AvgIpc) is 3.07. The molecular formula is C18H26N8O. The molecule has 0 aromatic carbocycles. The number of carbonyl (C=O) groups excluding carboxylic acids is 1. The normalized spacial score (nSPS) is 18.4. The average molecular weight is 370 g/mol. The quantitative estimate of drug-likeness (QED) is 0.787. The van der Waals surface area contributed by atoms with E-state index in [1.54, 1.807) is 11.0 Å². The summed E-state index contributed by atoms with van der Waals surface area (Å²) in [5, 5.41) is 12.9.